The first-order valence-electron chi connectivity index (χ1n) is 15.5. The normalized spacial score (nSPS) is 22.0. The lowest BCUT2D eigenvalue weighted by Crippen LogP contribution is -2.60. The molecule has 2 aliphatic rings. The van der Waals surface area contributed by atoms with Crippen molar-refractivity contribution in [1.82, 2.24) is 20.9 Å². The predicted octanol–water partition coefficient (Wildman–Crippen LogP) is 4.09. The van der Waals surface area contributed by atoms with Gasteiger partial charge in [0.1, 0.15) is 17.7 Å². The molecule has 3 rings (SSSR count). The van der Waals surface area contributed by atoms with E-state index in [1.54, 1.807) is 26.8 Å². The average molecular weight is 611 g/mol. The minimum Gasteiger partial charge on any atom is -0.444 e. The number of ketones is 1. The Balaban J connectivity index is 1.74. The van der Waals surface area contributed by atoms with Crippen LogP contribution in [0.15, 0.2) is 36.4 Å². The molecule has 1 saturated heterocycles. The Labute approximate surface area is 261 Å². The molecule has 44 heavy (non-hydrogen) atoms. The third kappa shape index (κ3) is 8.48. The van der Waals surface area contributed by atoms with Crippen LogP contribution in [0.3, 0.4) is 0 Å². The van der Waals surface area contributed by atoms with Gasteiger partial charge in [-0.3, -0.25) is 19.2 Å². The number of hydrogen-bond acceptors (Lipinski definition) is 6. The molecule has 10 heteroatoms. The Morgan fingerprint density at radius 2 is 1.66 bits per heavy atom. The first-order chi connectivity index (χ1) is 20.4. The number of ether oxygens (including phenoxy) is 1. The fraction of sp³-hybridized carbons (Fsp3) is 0.618. The van der Waals surface area contributed by atoms with Crippen LogP contribution < -0.4 is 16.0 Å². The quantitative estimate of drug-likeness (QED) is 0.323. The van der Waals surface area contributed by atoms with Gasteiger partial charge in [-0.15, -0.1) is 0 Å². The lowest BCUT2D eigenvalue weighted by molar-refractivity contribution is -0.145. The number of rotatable bonds is 11. The first-order valence-corrected chi connectivity index (χ1v) is 15.5. The molecular weight excluding hydrogens is 560 g/mol. The summed E-state index contributed by atoms with van der Waals surface area (Å²) in [6, 6.07) is 6.77. The van der Waals surface area contributed by atoms with Crippen molar-refractivity contribution < 1.29 is 28.7 Å². The molecule has 0 spiro atoms. The zero-order chi connectivity index (χ0) is 33.0. The van der Waals surface area contributed by atoms with Gasteiger partial charge in [0, 0.05) is 13.1 Å². The monoisotopic (exact) mass is 610 g/mol. The van der Waals surface area contributed by atoms with Gasteiger partial charge >= 0.3 is 6.09 Å². The Hall–Kier alpha value is -3.69. The van der Waals surface area contributed by atoms with Crippen molar-refractivity contribution in [3.05, 3.63) is 42.0 Å². The molecule has 242 valence electrons. The maximum atomic E-state index is 14.0. The van der Waals surface area contributed by atoms with Crippen molar-refractivity contribution in [2.24, 2.45) is 22.7 Å². The molecule has 1 aromatic rings. The van der Waals surface area contributed by atoms with E-state index in [1.807, 2.05) is 64.1 Å². The predicted molar refractivity (Wildman–Crippen MR) is 169 cm³/mol. The Morgan fingerprint density at radius 3 is 2.23 bits per heavy atom. The number of amides is 4. The highest BCUT2D eigenvalue weighted by molar-refractivity contribution is 6.38. The number of hydrogen-bond donors (Lipinski definition) is 3. The molecular formula is C34H50N4O6. The van der Waals surface area contributed by atoms with E-state index in [-0.39, 0.29) is 36.1 Å². The summed E-state index contributed by atoms with van der Waals surface area (Å²) < 4.78 is 5.42. The van der Waals surface area contributed by atoms with Gasteiger partial charge in [-0.1, -0.05) is 90.4 Å². The Morgan fingerprint density at radius 1 is 1.02 bits per heavy atom. The van der Waals surface area contributed by atoms with E-state index in [2.05, 4.69) is 29.8 Å². The number of likely N-dealkylation sites (tertiary alicyclic amines) is 1. The van der Waals surface area contributed by atoms with Crippen molar-refractivity contribution in [3.8, 4) is 0 Å². The summed E-state index contributed by atoms with van der Waals surface area (Å²) in [7, 11) is 0. The lowest BCUT2D eigenvalue weighted by Gasteiger charge is -2.38. The molecule has 0 bridgehead atoms. The van der Waals surface area contributed by atoms with Gasteiger partial charge in [0.2, 0.25) is 17.6 Å². The molecule has 4 amide bonds. The number of Topliss-reactive ketones (excluding diaryl/α,β-unsaturated/α-hetero) is 1. The van der Waals surface area contributed by atoms with E-state index in [1.165, 1.54) is 4.90 Å². The third-order valence-corrected chi connectivity index (χ3v) is 8.46. The zero-order valence-corrected chi connectivity index (χ0v) is 27.7. The lowest BCUT2D eigenvalue weighted by atomic mass is 9.85. The van der Waals surface area contributed by atoms with Crippen LogP contribution in [-0.2, 0) is 23.9 Å². The molecule has 5 unspecified atom stereocenters. The standard InChI is InChI=1S/C34H50N4O6/c1-10-15-23(26(39)29(41)35-19-14-18-21-16-12-11-13-17-21)36-28(40)25-24-22(34(24,8)9)20-38(25)30(42)27(32(2,3)4)37-31(43)44-33(5,6)7/h11-14,16-18,22-25,27H,10,15,19-20H2,1-9H3,(H,35,41)(H,36,40)(H,37,43)/b18-14+. The van der Waals surface area contributed by atoms with Crippen LogP contribution in [0, 0.1) is 22.7 Å². The van der Waals surface area contributed by atoms with Gasteiger partial charge in [0.05, 0.1) is 6.04 Å². The maximum absolute atomic E-state index is 14.0. The van der Waals surface area contributed by atoms with Crippen LogP contribution >= 0.6 is 0 Å². The van der Waals surface area contributed by atoms with E-state index in [4.69, 9.17) is 4.74 Å². The number of carbonyl (C=O) groups excluding carboxylic acids is 5. The number of nitrogens with one attached hydrogen (secondary N) is 3. The average Bonchev–Trinajstić information content (AvgIpc) is 3.24. The van der Waals surface area contributed by atoms with Gasteiger partial charge in [-0.25, -0.2) is 4.79 Å². The summed E-state index contributed by atoms with van der Waals surface area (Å²) in [6.07, 6.45) is 3.73. The van der Waals surface area contributed by atoms with Gasteiger partial charge in [0.15, 0.2) is 0 Å². The van der Waals surface area contributed by atoms with Crippen molar-refractivity contribution in [3.63, 3.8) is 0 Å². The van der Waals surface area contributed by atoms with Crippen LogP contribution in [0.2, 0.25) is 0 Å². The van der Waals surface area contributed by atoms with Crippen LogP contribution in [-0.4, -0.2) is 71.3 Å². The van der Waals surface area contributed by atoms with E-state index >= 15 is 0 Å². The Bertz CT molecular complexity index is 1260. The molecule has 1 heterocycles. The summed E-state index contributed by atoms with van der Waals surface area (Å²) in [6.45, 7) is 17.3. The largest absolute Gasteiger partial charge is 0.444 e. The van der Waals surface area contributed by atoms with Crippen LogP contribution in [0.25, 0.3) is 6.08 Å². The number of nitrogens with zero attached hydrogens (tertiary/aromatic N) is 1. The van der Waals surface area contributed by atoms with Crippen molar-refractivity contribution in [2.75, 3.05) is 13.1 Å². The van der Waals surface area contributed by atoms with Crippen LogP contribution in [0.1, 0.15) is 80.7 Å². The van der Waals surface area contributed by atoms with Gasteiger partial charge in [-0.05, 0) is 55.4 Å². The fourth-order valence-corrected chi connectivity index (χ4v) is 6.02. The summed E-state index contributed by atoms with van der Waals surface area (Å²) in [5, 5.41) is 8.16. The van der Waals surface area contributed by atoms with Crippen LogP contribution in [0.5, 0.6) is 0 Å². The van der Waals surface area contributed by atoms with Gasteiger partial charge < -0.3 is 25.6 Å². The van der Waals surface area contributed by atoms with E-state index in [0.717, 1.165) is 5.56 Å². The second-order valence-corrected chi connectivity index (χ2v) is 14.6. The number of fused-ring (bicyclic) bond motifs is 1. The highest BCUT2D eigenvalue weighted by Gasteiger charge is 2.70. The molecule has 1 aliphatic heterocycles. The molecule has 1 saturated carbocycles. The van der Waals surface area contributed by atoms with Gasteiger partial charge in [0.25, 0.3) is 5.91 Å². The smallest absolute Gasteiger partial charge is 0.408 e. The molecule has 1 aromatic carbocycles. The second kappa shape index (κ2) is 13.5. The highest BCUT2D eigenvalue weighted by Crippen LogP contribution is 2.65. The van der Waals surface area contributed by atoms with Crippen molar-refractivity contribution >= 4 is 35.7 Å². The van der Waals surface area contributed by atoms with Crippen LogP contribution in [0.4, 0.5) is 4.79 Å². The number of carbonyl (C=O) groups is 5. The van der Waals surface area contributed by atoms with Gasteiger partial charge in [-0.2, -0.15) is 0 Å². The summed E-state index contributed by atoms with van der Waals surface area (Å²) >= 11 is 0. The minimum absolute atomic E-state index is 0.101. The van der Waals surface area contributed by atoms with Crippen molar-refractivity contribution in [2.45, 2.75) is 98.9 Å². The summed E-state index contributed by atoms with van der Waals surface area (Å²) in [5.41, 5.74) is -0.620. The topological polar surface area (TPSA) is 134 Å². The first kappa shape index (κ1) is 34.8. The highest BCUT2D eigenvalue weighted by atomic mass is 16.6. The molecule has 5 atom stereocenters. The molecule has 10 nitrogen and oxygen atoms in total. The second-order valence-electron chi connectivity index (χ2n) is 14.6. The van der Waals surface area contributed by atoms with E-state index in [9.17, 15) is 24.0 Å². The molecule has 3 N–H and O–H groups in total. The molecule has 1 aliphatic carbocycles. The summed E-state index contributed by atoms with van der Waals surface area (Å²) in [4.78, 5) is 68.1. The number of alkyl carbamates (subject to hydrolysis) is 1. The number of piperidine rings is 1. The molecule has 0 aromatic heterocycles. The minimum atomic E-state index is -1.03. The SMILES string of the molecule is CCCC(NC(=O)C1C2C(CN1C(=O)C(NC(=O)OC(C)(C)C)C(C)(C)C)C2(C)C)C(=O)C(=O)NC/C=C/c1ccccc1. The molecule has 2 fully saturated rings. The maximum Gasteiger partial charge on any atom is 0.408 e. The summed E-state index contributed by atoms with van der Waals surface area (Å²) in [5.74, 6) is -2.36. The van der Waals surface area contributed by atoms with E-state index < -0.39 is 52.8 Å². The molecule has 0 radical (unpaired) electrons. The fourth-order valence-electron chi connectivity index (χ4n) is 6.02. The third-order valence-electron chi connectivity index (χ3n) is 8.46. The van der Waals surface area contributed by atoms with Crippen molar-refractivity contribution in [1.29, 1.82) is 0 Å². The van der Waals surface area contributed by atoms with E-state index in [0.29, 0.717) is 13.0 Å². The zero-order valence-electron chi connectivity index (χ0n) is 27.7. The Kier molecular flexibility index (Phi) is 10.7. The number of benzene rings is 1.